The van der Waals surface area contributed by atoms with Gasteiger partial charge in [0.1, 0.15) is 6.54 Å². The Morgan fingerprint density at radius 2 is 1.80 bits per heavy atom. The number of halogens is 4. The van der Waals surface area contributed by atoms with Crippen molar-refractivity contribution in [3.8, 4) is 0 Å². The Morgan fingerprint density at radius 3 is 2.43 bits per heavy atom. The van der Waals surface area contributed by atoms with Crippen molar-refractivity contribution in [2.75, 3.05) is 25.5 Å². The lowest BCUT2D eigenvalue weighted by Gasteiger charge is -2.40. The van der Waals surface area contributed by atoms with Gasteiger partial charge < -0.3 is 19.5 Å². The summed E-state index contributed by atoms with van der Waals surface area (Å²) >= 11 is 1.99. The van der Waals surface area contributed by atoms with Gasteiger partial charge in [0.05, 0.1) is 15.3 Å². The summed E-state index contributed by atoms with van der Waals surface area (Å²) in [5.74, 6) is 0. The van der Waals surface area contributed by atoms with E-state index in [1.807, 2.05) is 40.8 Å². The number of alkyl halides is 3. The van der Waals surface area contributed by atoms with Gasteiger partial charge in [-0.3, -0.25) is 0 Å². The zero-order chi connectivity index (χ0) is 21.3. The Bertz CT molecular complexity index is 853. The first-order chi connectivity index (χ1) is 14.3. The highest BCUT2D eigenvalue weighted by molar-refractivity contribution is 14.1. The summed E-state index contributed by atoms with van der Waals surface area (Å²) < 4.78 is 46.4. The number of piperidine rings is 1. The van der Waals surface area contributed by atoms with Crippen molar-refractivity contribution >= 4 is 39.2 Å². The summed E-state index contributed by atoms with van der Waals surface area (Å²) in [6.07, 6.45) is 2.92. The van der Waals surface area contributed by atoms with Crippen LogP contribution in [0.25, 0.3) is 10.9 Å². The average Bonchev–Trinajstić information content (AvgIpc) is 3.04. The molecule has 0 bridgehead atoms. The molecule has 1 aliphatic carbocycles. The topological polar surface area (TPSA) is 29.4 Å². The first-order valence-corrected chi connectivity index (χ1v) is 11.8. The van der Waals surface area contributed by atoms with Gasteiger partial charge in [0, 0.05) is 43.4 Å². The second kappa shape index (κ2) is 9.24. The third-order valence-corrected chi connectivity index (χ3v) is 7.51. The molecule has 1 aromatic heterocycles. The largest absolute Gasteiger partial charge is 0.406 e. The van der Waals surface area contributed by atoms with E-state index in [0.29, 0.717) is 27.4 Å². The number of ether oxygens (including phenoxy) is 1. The van der Waals surface area contributed by atoms with Crippen molar-refractivity contribution in [1.29, 1.82) is 0 Å². The molecule has 2 aliphatic rings. The van der Waals surface area contributed by atoms with Crippen LogP contribution in [0.3, 0.4) is 0 Å². The second-order valence-electron chi connectivity index (χ2n) is 8.53. The van der Waals surface area contributed by atoms with Crippen molar-refractivity contribution in [3.05, 3.63) is 28.0 Å². The number of methoxy groups -OCH3 is 1. The summed E-state index contributed by atoms with van der Waals surface area (Å²) in [6.45, 7) is 1.28. The van der Waals surface area contributed by atoms with E-state index in [4.69, 9.17) is 4.74 Å². The molecule has 166 valence electrons. The van der Waals surface area contributed by atoms with E-state index in [-0.39, 0.29) is 0 Å². The number of fused-ring (bicyclic) bond motifs is 1. The molecule has 1 aliphatic heterocycles. The molecule has 0 radical (unpaired) electrons. The molecular weight excluding hydrogens is 506 g/mol. The van der Waals surface area contributed by atoms with Gasteiger partial charge in [-0.15, -0.1) is 0 Å². The molecule has 0 unspecified atom stereocenters. The summed E-state index contributed by atoms with van der Waals surface area (Å²) in [4.78, 5) is 2.62. The highest BCUT2D eigenvalue weighted by Crippen LogP contribution is 2.33. The molecule has 1 saturated heterocycles. The standard InChI is InChI=1S/C22H29F3IN3O/c1-30-17-9-11-28(12-10-17)16-7-5-15(6-8-16)27-19-3-2-4-20-18(19)13-21(26)29(20)14-22(23,24)25/h2-4,13,15-17,27H,5-12,14H2,1H3. The minimum absolute atomic E-state index is 0.368. The van der Waals surface area contributed by atoms with Crippen LogP contribution in [0.5, 0.6) is 0 Å². The molecule has 1 N–H and O–H groups in total. The van der Waals surface area contributed by atoms with E-state index in [2.05, 4.69) is 10.2 Å². The fourth-order valence-electron chi connectivity index (χ4n) is 5.00. The molecule has 1 saturated carbocycles. The van der Waals surface area contributed by atoms with Gasteiger partial charge in [0.2, 0.25) is 0 Å². The van der Waals surface area contributed by atoms with Crippen LogP contribution in [0.4, 0.5) is 18.9 Å². The monoisotopic (exact) mass is 535 g/mol. The van der Waals surface area contributed by atoms with E-state index in [1.165, 1.54) is 4.57 Å². The third-order valence-electron chi connectivity index (χ3n) is 6.62. The summed E-state index contributed by atoms with van der Waals surface area (Å²) in [5.41, 5.74) is 1.58. The summed E-state index contributed by atoms with van der Waals surface area (Å²) in [7, 11) is 1.80. The van der Waals surface area contributed by atoms with Crippen molar-refractivity contribution in [1.82, 2.24) is 9.47 Å². The van der Waals surface area contributed by atoms with Gasteiger partial charge in [0.25, 0.3) is 0 Å². The zero-order valence-electron chi connectivity index (χ0n) is 17.2. The summed E-state index contributed by atoms with van der Waals surface area (Å²) in [5, 5.41) is 4.50. The number of anilines is 1. The average molecular weight is 535 g/mol. The summed E-state index contributed by atoms with van der Waals surface area (Å²) in [6, 6.07) is 8.47. The molecule has 0 amide bonds. The fraction of sp³-hybridized carbons (Fsp3) is 0.636. The number of benzene rings is 1. The number of aromatic nitrogens is 1. The SMILES string of the molecule is COC1CCN(C2CCC(Nc3cccc4c3cc(I)n4CC(F)(F)F)CC2)CC1. The van der Waals surface area contributed by atoms with Crippen LogP contribution in [0.1, 0.15) is 38.5 Å². The van der Waals surface area contributed by atoms with Crippen molar-refractivity contribution < 1.29 is 17.9 Å². The van der Waals surface area contributed by atoms with Crippen LogP contribution in [0.15, 0.2) is 24.3 Å². The van der Waals surface area contributed by atoms with Crippen LogP contribution in [0.2, 0.25) is 0 Å². The first-order valence-electron chi connectivity index (χ1n) is 10.7. The molecule has 8 heteroatoms. The van der Waals surface area contributed by atoms with E-state index in [9.17, 15) is 13.2 Å². The molecule has 1 aromatic carbocycles. The smallest absolute Gasteiger partial charge is 0.382 e. The highest BCUT2D eigenvalue weighted by Gasteiger charge is 2.31. The predicted octanol–water partition coefficient (Wildman–Crippen LogP) is 5.64. The lowest BCUT2D eigenvalue weighted by Crippen LogP contribution is -2.45. The fourth-order valence-corrected chi connectivity index (χ4v) is 5.74. The number of nitrogens with zero attached hydrogens (tertiary/aromatic N) is 2. The van der Waals surface area contributed by atoms with E-state index in [0.717, 1.165) is 62.7 Å². The normalized spacial score (nSPS) is 24.4. The van der Waals surface area contributed by atoms with Gasteiger partial charge in [-0.05, 0) is 79.3 Å². The van der Waals surface area contributed by atoms with Crippen LogP contribution >= 0.6 is 22.6 Å². The molecule has 4 nitrogen and oxygen atoms in total. The van der Waals surface area contributed by atoms with E-state index in [1.54, 1.807) is 13.2 Å². The lowest BCUT2D eigenvalue weighted by molar-refractivity contribution is -0.140. The molecule has 0 spiro atoms. The van der Waals surface area contributed by atoms with Gasteiger partial charge >= 0.3 is 6.18 Å². The predicted molar refractivity (Wildman–Crippen MR) is 122 cm³/mol. The van der Waals surface area contributed by atoms with Crippen LogP contribution in [-0.4, -0.2) is 54.0 Å². The van der Waals surface area contributed by atoms with Crippen molar-refractivity contribution in [3.63, 3.8) is 0 Å². The molecule has 0 atom stereocenters. The number of likely N-dealkylation sites (tertiary alicyclic amines) is 1. The van der Waals surface area contributed by atoms with Crippen molar-refractivity contribution in [2.24, 2.45) is 0 Å². The van der Waals surface area contributed by atoms with E-state index < -0.39 is 12.7 Å². The third kappa shape index (κ3) is 5.07. The van der Waals surface area contributed by atoms with Crippen LogP contribution in [-0.2, 0) is 11.3 Å². The quantitative estimate of drug-likeness (QED) is 0.503. The Hall–Kier alpha value is -1.00. The van der Waals surface area contributed by atoms with Crippen LogP contribution < -0.4 is 5.32 Å². The maximum absolute atomic E-state index is 13.0. The lowest BCUT2D eigenvalue weighted by atomic mass is 9.88. The van der Waals surface area contributed by atoms with Crippen molar-refractivity contribution in [2.45, 2.75) is 69.4 Å². The molecule has 2 fully saturated rings. The Morgan fingerprint density at radius 1 is 1.10 bits per heavy atom. The Balaban J connectivity index is 1.39. The first kappa shape index (κ1) is 22.2. The van der Waals surface area contributed by atoms with Gasteiger partial charge in [0.15, 0.2) is 0 Å². The minimum atomic E-state index is -4.23. The maximum atomic E-state index is 13.0. The zero-order valence-corrected chi connectivity index (χ0v) is 19.4. The van der Waals surface area contributed by atoms with Gasteiger partial charge in [-0.2, -0.15) is 13.2 Å². The van der Waals surface area contributed by atoms with Gasteiger partial charge in [-0.1, -0.05) is 6.07 Å². The Labute approximate surface area is 189 Å². The van der Waals surface area contributed by atoms with Crippen LogP contribution in [0, 0.1) is 3.70 Å². The number of rotatable bonds is 5. The minimum Gasteiger partial charge on any atom is -0.382 e. The molecule has 2 aromatic rings. The van der Waals surface area contributed by atoms with Gasteiger partial charge in [-0.25, -0.2) is 0 Å². The Kier molecular flexibility index (Phi) is 6.84. The number of hydrogen-bond donors (Lipinski definition) is 1. The molecule has 4 rings (SSSR count). The number of hydrogen-bond acceptors (Lipinski definition) is 3. The molecule has 2 heterocycles. The second-order valence-corrected chi connectivity index (χ2v) is 9.63. The van der Waals surface area contributed by atoms with E-state index >= 15 is 0 Å². The molecular formula is C22H29F3IN3O. The highest BCUT2D eigenvalue weighted by atomic mass is 127. The molecule has 30 heavy (non-hydrogen) atoms. The number of nitrogens with one attached hydrogen (secondary N) is 1. The maximum Gasteiger partial charge on any atom is 0.406 e.